The Morgan fingerprint density at radius 3 is 1.96 bits per heavy atom. The van der Waals surface area contributed by atoms with E-state index in [4.69, 9.17) is 4.42 Å². The van der Waals surface area contributed by atoms with Crippen molar-refractivity contribution < 1.29 is 4.42 Å². The van der Waals surface area contributed by atoms with Gasteiger partial charge in [-0.1, -0.05) is 103 Å². The Morgan fingerprint density at radius 1 is 0.462 bits per heavy atom. The predicted octanol–water partition coefficient (Wildman–Crippen LogP) is 13.6. The molecular formula is C50H39NO. The number of hydrogen-bond acceptors (Lipinski definition) is 2. The van der Waals surface area contributed by atoms with Crippen molar-refractivity contribution in [1.82, 2.24) is 0 Å². The van der Waals surface area contributed by atoms with Gasteiger partial charge in [-0.25, -0.2) is 0 Å². The van der Waals surface area contributed by atoms with Crippen LogP contribution in [0.15, 0.2) is 156 Å². The molecule has 0 saturated heterocycles. The average Bonchev–Trinajstić information content (AvgIpc) is 3.70. The predicted molar refractivity (Wildman–Crippen MR) is 215 cm³/mol. The van der Waals surface area contributed by atoms with Crippen molar-refractivity contribution in [2.45, 2.75) is 37.5 Å². The van der Waals surface area contributed by atoms with Crippen LogP contribution in [0.2, 0.25) is 0 Å². The van der Waals surface area contributed by atoms with Gasteiger partial charge in [0.1, 0.15) is 11.2 Å². The monoisotopic (exact) mass is 669 g/mol. The number of benzene rings is 7. The Bertz CT molecular complexity index is 2680. The van der Waals surface area contributed by atoms with Gasteiger partial charge in [-0.05, 0) is 143 Å². The quantitative estimate of drug-likeness (QED) is 0.185. The number of para-hydroxylation sites is 1. The molecule has 0 aliphatic heterocycles. The molecule has 4 fully saturated rings. The van der Waals surface area contributed by atoms with E-state index < -0.39 is 0 Å². The van der Waals surface area contributed by atoms with Gasteiger partial charge >= 0.3 is 0 Å². The van der Waals surface area contributed by atoms with Crippen LogP contribution in [0, 0.1) is 23.7 Å². The van der Waals surface area contributed by atoms with Gasteiger partial charge in [0.25, 0.3) is 0 Å². The van der Waals surface area contributed by atoms with Crippen LogP contribution in [-0.2, 0) is 5.41 Å². The first-order valence-corrected chi connectivity index (χ1v) is 19.3. The summed E-state index contributed by atoms with van der Waals surface area (Å²) in [6.07, 6.45) is 7.09. The van der Waals surface area contributed by atoms with Crippen LogP contribution in [0.1, 0.15) is 43.2 Å². The third-order valence-corrected chi connectivity index (χ3v) is 13.6. The Labute approximate surface area is 304 Å². The molecule has 52 heavy (non-hydrogen) atoms. The molecule has 0 unspecified atom stereocenters. The molecule has 4 saturated carbocycles. The molecular weight excluding hydrogens is 631 g/mol. The number of rotatable bonds is 4. The van der Waals surface area contributed by atoms with Crippen LogP contribution in [0.3, 0.4) is 0 Å². The van der Waals surface area contributed by atoms with Gasteiger partial charge in [-0.15, -0.1) is 0 Å². The van der Waals surface area contributed by atoms with Crippen LogP contribution >= 0.6 is 0 Å². The van der Waals surface area contributed by atoms with Crippen molar-refractivity contribution in [2.75, 3.05) is 4.90 Å². The van der Waals surface area contributed by atoms with Gasteiger partial charge in [0.05, 0.1) is 5.69 Å². The zero-order chi connectivity index (χ0) is 34.0. The maximum Gasteiger partial charge on any atom is 0.136 e. The Hall–Kier alpha value is -5.60. The van der Waals surface area contributed by atoms with Gasteiger partial charge < -0.3 is 9.32 Å². The van der Waals surface area contributed by atoms with E-state index in [1.807, 2.05) is 12.1 Å². The molecule has 2 heteroatoms. The lowest BCUT2D eigenvalue weighted by molar-refractivity contribution is -0.0399. The summed E-state index contributed by atoms with van der Waals surface area (Å²) in [6.45, 7) is 0. The highest BCUT2D eigenvalue weighted by Gasteiger charge is 2.61. The standard InChI is InChI=1S/C50H39NO/c1-2-10-40-34(8-1)9-7-14-47(40)51(38-19-16-33(17-20-38)35-18-22-43-42-12-4-6-15-48(42)52-49(43)29-35)39-21-23-46-44(30-39)41-11-3-5-13-45(41)50(46)36-25-31-24-32(27-36)28-37(50)26-31/h1-23,29-32,36-37H,24-28H2. The average molecular weight is 670 g/mol. The van der Waals surface area contributed by atoms with E-state index in [1.165, 1.54) is 70.9 Å². The van der Waals surface area contributed by atoms with E-state index in [2.05, 4.69) is 144 Å². The van der Waals surface area contributed by atoms with E-state index in [0.717, 1.165) is 56.9 Å². The summed E-state index contributed by atoms with van der Waals surface area (Å²) >= 11 is 0. The van der Waals surface area contributed by atoms with Crippen molar-refractivity contribution in [2.24, 2.45) is 23.7 Å². The zero-order valence-electron chi connectivity index (χ0n) is 29.1. The number of anilines is 3. The summed E-state index contributed by atoms with van der Waals surface area (Å²) in [5.41, 5.74) is 14.0. The van der Waals surface area contributed by atoms with E-state index in [1.54, 1.807) is 11.1 Å². The van der Waals surface area contributed by atoms with Gasteiger partial charge in [0, 0.05) is 32.9 Å². The number of fused-ring (bicyclic) bond motifs is 7. The second-order valence-corrected chi connectivity index (χ2v) is 16.1. The fourth-order valence-corrected chi connectivity index (χ4v) is 11.8. The molecule has 13 rings (SSSR count). The highest BCUT2D eigenvalue weighted by molar-refractivity contribution is 6.06. The fourth-order valence-electron chi connectivity index (χ4n) is 11.8. The largest absolute Gasteiger partial charge is 0.456 e. The third kappa shape index (κ3) is 3.96. The highest BCUT2D eigenvalue weighted by Crippen LogP contribution is 2.69. The molecule has 0 N–H and O–H groups in total. The maximum atomic E-state index is 6.26. The minimum absolute atomic E-state index is 0.171. The first kappa shape index (κ1) is 29.0. The SMILES string of the molecule is c1ccc2c(c1)-c1cc(N(c3ccc(-c4ccc5c(c4)oc4ccccc45)cc3)c3cccc4ccccc34)ccc1C21C2CC3CC(C2)CC1C3. The van der Waals surface area contributed by atoms with Crippen LogP contribution in [0.4, 0.5) is 17.1 Å². The topological polar surface area (TPSA) is 16.4 Å². The number of furan rings is 1. The smallest absolute Gasteiger partial charge is 0.136 e. The molecule has 250 valence electrons. The third-order valence-electron chi connectivity index (χ3n) is 13.6. The van der Waals surface area contributed by atoms with Crippen LogP contribution in [-0.4, -0.2) is 0 Å². The summed E-state index contributed by atoms with van der Waals surface area (Å²) in [4.78, 5) is 2.49. The molecule has 1 heterocycles. The Kier molecular flexibility index (Phi) is 5.98. The zero-order valence-corrected chi connectivity index (χ0v) is 29.1. The van der Waals surface area contributed by atoms with Gasteiger partial charge in [0.2, 0.25) is 0 Å². The number of nitrogens with zero attached hydrogens (tertiary/aromatic N) is 1. The van der Waals surface area contributed by atoms with Crippen LogP contribution in [0.5, 0.6) is 0 Å². The summed E-state index contributed by atoms with van der Waals surface area (Å²) in [5.74, 6) is 3.40. The van der Waals surface area contributed by atoms with E-state index in [-0.39, 0.29) is 5.41 Å². The minimum atomic E-state index is 0.171. The summed E-state index contributed by atoms with van der Waals surface area (Å²) in [5, 5.41) is 4.82. The van der Waals surface area contributed by atoms with Crippen LogP contribution in [0.25, 0.3) is 55.0 Å². The molecule has 2 nitrogen and oxygen atoms in total. The van der Waals surface area contributed by atoms with Crippen LogP contribution < -0.4 is 4.90 Å². The maximum absolute atomic E-state index is 6.26. The lowest BCUT2D eigenvalue weighted by Crippen LogP contribution is -2.55. The normalized spacial score (nSPS) is 23.8. The molecule has 0 atom stereocenters. The molecule has 5 aliphatic carbocycles. The van der Waals surface area contributed by atoms with Gasteiger partial charge in [-0.2, -0.15) is 0 Å². The molecule has 0 amide bonds. The number of hydrogen-bond donors (Lipinski definition) is 0. The molecule has 0 radical (unpaired) electrons. The molecule has 5 aliphatic rings. The van der Waals surface area contributed by atoms with Crippen molar-refractivity contribution >= 4 is 49.8 Å². The van der Waals surface area contributed by atoms with Crippen molar-refractivity contribution in [3.63, 3.8) is 0 Å². The van der Waals surface area contributed by atoms with Crippen molar-refractivity contribution in [3.05, 3.63) is 163 Å². The molecule has 7 aromatic carbocycles. The lowest BCUT2D eigenvalue weighted by atomic mass is 9.43. The highest BCUT2D eigenvalue weighted by atomic mass is 16.3. The van der Waals surface area contributed by atoms with E-state index in [0.29, 0.717) is 0 Å². The van der Waals surface area contributed by atoms with E-state index >= 15 is 0 Å². The Morgan fingerprint density at radius 2 is 1.12 bits per heavy atom. The van der Waals surface area contributed by atoms with Gasteiger partial charge in [-0.3, -0.25) is 0 Å². The fraction of sp³-hybridized carbons (Fsp3) is 0.200. The first-order chi connectivity index (χ1) is 25.7. The molecule has 1 spiro atoms. The second-order valence-electron chi connectivity index (χ2n) is 16.1. The molecule has 8 aromatic rings. The summed E-state index contributed by atoms with van der Waals surface area (Å²) in [6, 6.07) is 56.5. The summed E-state index contributed by atoms with van der Waals surface area (Å²) < 4.78 is 6.26. The van der Waals surface area contributed by atoms with Crippen molar-refractivity contribution in [1.29, 1.82) is 0 Å². The first-order valence-electron chi connectivity index (χ1n) is 19.3. The lowest BCUT2D eigenvalue weighted by Gasteiger charge is -2.61. The van der Waals surface area contributed by atoms with Gasteiger partial charge in [0.15, 0.2) is 0 Å². The van der Waals surface area contributed by atoms with Crippen molar-refractivity contribution in [3.8, 4) is 22.3 Å². The second kappa shape index (κ2) is 10.7. The Balaban J connectivity index is 1.01. The molecule has 4 bridgehead atoms. The molecule has 1 aromatic heterocycles. The summed E-state index contributed by atoms with van der Waals surface area (Å²) in [7, 11) is 0. The van der Waals surface area contributed by atoms with E-state index in [9.17, 15) is 0 Å². The minimum Gasteiger partial charge on any atom is -0.456 e.